The fourth-order valence-electron chi connectivity index (χ4n) is 2.86. The minimum absolute atomic E-state index is 0.165. The quantitative estimate of drug-likeness (QED) is 0.708. The van der Waals surface area contributed by atoms with Gasteiger partial charge in [0, 0.05) is 14.8 Å². The highest BCUT2D eigenvalue weighted by Crippen LogP contribution is 2.33. The molecule has 0 N–H and O–H groups in total. The summed E-state index contributed by atoms with van der Waals surface area (Å²) in [4.78, 5) is 1.42. The Bertz CT molecular complexity index is 697. The molecule has 0 saturated heterocycles. The monoisotopic (exact) mass is 284 g/mol. The van der Waals surface area contributed by atoms with Gasteiger partial charge in [-0.15, -0.1) is 11.3 Å². The highest BCUT2D eigenvalue weighted by molar-refractivity contribution is 7.11. The van der Waals surface area contributed by atoms with Gasteiger partial charge < -0.3 is 0 Å². The van der Waals surface area contributed by atoms with Gasteiger partial charge in [-0.25, -0.2) is 0 Å². The van der Waals surface area contributed by atoms with Gasteiger partial charge >= 0.3 is 0 Å². The van der Waals surface area contributed by atoms with Gasteiger partial charge in [-0.2, -0.15) is 0 Å². The van der Waals surface area contributed by atoms with Gasteiger partial charge in [0.1, 0.15) is 0 Å². The molecule has 106 valence electrons. The first-order chi connectivity index (χ1) is 9.42. The van der Waals surface area contributed by atoms with E-state index in [-0.39, 0.29) is 5.41 Å². The van der Waals surface area contributed by atoms with Crippen LogP contribution in [-0.4, -0.2) is 0 Å². The average molecular weight is 284 g/mol. The van der Waals surface area contributed by atoms with E-state index in [1.54, 1.807) is 0 Å². The van der Waals surface area contributed by atoms with E-state index < -0.39 is 0 Å². The van der Waals surface area contributed by atoms with Crippen molar-refractivity contribution in [2.24, 2.45) is 10.8 Å². The van der Waals surface area contributed by atoms with E-state index in [1.165, 1.54) is 39.5 Å². The molecule has 0 spiro atoms. The molecule has 2 aliphatic rings. The lowest BCUT2D eigenvalue weighted by molar-refractivity contribution is 0.337. The van der Waals surface area contributed by atoms with Gasteiger partial charge in [-0.3, -0.25) is 0 Å². The summed E-state index contributed by atoms with van der Waals surface area (Å²) >= 11 is 1.95. The molecule has 1 atom stereocenters. The Morgan fingerprint density at radius 3 is 2.50 bits per heavy atom. The molecular formula is C19H24S. The first-order valence-electron chi connectivity index (χ1n) is 7.64. The predicted molar refractivity (Wildman–Crippen MR) is 92.0 cm³/mol. The van der Waals surface area contributed by atoms with E-state index in [4.69, 9.17) is 0 Å². The van der Waals surface area contributed by atoms with E-state index in [0.717, 1.165) is 0 Å². The molecule has 0 fully saturated rings. The molecule has 0 aliphatic heterocycles. The van der Waals surface area contributed by atoms with E-state index >= 15 is 0 Å². The minimum atomic E-state index is 0.165. The summed E-state index contributed by atoms with van der Waals surface area (Å²) in [6.07, 6.45) is 17.9. The second kappa shape index (κ2) is 4.73. The van der Waals surface area contributed by atoms with Crippen molar-refractivity contribution < 1.29 is 0 Å². The van der Waals surface area contributed by atoms with Crippen LogP contribution in [0.15, 0.2) is 12.2 Å². The normalized spacial score (nSPS) is 26.8. The molecule has 0 nitrogen and oxygen atoms in total. The number of allylic oxidation sites excluding steroid dienone is 2. The number of rotatable bonds is 1. The molecule has 0 saturated carbocycles. The summed E-state index contributed by atoms with van der Waals surface area (Å²) in [5, 5.41) is 1.47. The van der Waals surface area contributed by atoms with Crippen LogP contribution in [0.4, 0.5) is 0 Å². The van der Waals surface area contributed by atoms with Crippen molar-refractivity contribution in [3.8, 4) is 0 Å². The van der Waals surface area contributed by atoms with Gasteiger partial charge in [-0.05, 0) is 35.1 Å². The molecule has 0 amide bonds. The zero-order chi connectivity index (χ0) is 14.4. The first-order valence-corrected chi connectivity index (χ1v) is 8.46. The van der Waals surface area contributed by atoms with Crippen molar-refractivity contribution in [2.75, 3.05) is 0 Å². The van der Waals surface area contributed by atoms with Crippen LogP contribution in [-0.2, 0) is 0 Å². The van der Waals surface area contributed by atoms with Crippen LogP contribution >= 0.6 is 11.3 Å². The van der Waals surface area contributed by atoms with E-state index in [2.05, 4.69) is 64.2 Å². The third-order valence-corrected chi connectivity index (χ3v) is 6.00. The molecule has 1 aromatic rings. The Hall–Kier alpha value is -1.08. The van der Waals surface area contributed by atoms with Crippen LogP contribution in [0.3, 0.4) is 0 Å². The van der Waals surface area contributed by atoms with Crippen LogP contribution in [0.5, 0.6) is 0 Å². The average Bonchev–Trinajstić information content (AvgIpc) is 2.56. The van der Waals surface area contributed by atoms with Gasteiger partial charge in [0.15, 0.2) is 0 Å². The van der Waals surface area contributed by atoms with Crippen molar-refractivity contribution in [1.82, 2.24) is 0 Å². The number of hydrogen-bond acceptors (Lipinski definition) is 1. The third kappa shape index (κ3) is 2.44. The molecule has 20 heavy (non-hydrogen) atoms. The van der Waals surface area contributed by atoms with Crippen LogP contribution < -0.4 is 9.75 Å². The summed E-state index contributed by atoms with van der Waals surface area (Å²) in [6, 6.07) is 0. The highest BCUT2D eigenvalue weighted by Gasteiger charge is 2.22. The molecule has 1 heteroatoms. The van der Waals surface area contributed by atoms with Crippen LogP contribution in [0, 0.1) is 10.8 Å². The second-order valence-electron chi connectivity index (χ2n) is 7.13. The van der Waals surface area contributed by atoms with E-state index in [1.807, 2.05) is 11.3 Å². The smallest absolute Gasteiger partial charge is 0.0352 e. The number of thiophene rings is 1. The zero-order valence-corrected chi connectivity index (χ0v) is 13.8. The fraction of sp³-hybridized carbons (Fsp3) is 0.474. The van der Waals surface area contributed by atoms with Crippen molar-refractivity contribution in [1.29, 1.82) is 0 Å². The van der Waals surface area contributed by atoms with Crippen molar-refractivity contribution in [3.63, 3.8) is 0 Å². The maximum atomic E-state index is 2.48. The molecule has 0 bridgehead atoms. The molecule has 0 radical (unpaired) electrons. The number of hydrogen-bond donors (Lipinski definition) is 0. The van der Waals surface area contributed by atoms with Crippen LogP contribution in [0.25, 0.3) is 24.3 Å². The molecule has 1 heterocycles. The van der Waals surface area contributed by atoms with E-state index in [0.29, 0.717) is 5.41 Å². The Labute approximate surface area is 126 Å². The first kappa shape index (κ1) is 13.9. The highest BCUT2D eigenvalue weighted by atomic mass is 32.1. The SMILES string of the molecule is CCC1(C)CC=c2sc3c(c2=CC1)C=CC(C)(C)C=C3. The van der Waals surface area contributed by atoms with Crippen LogP contribution in [0.1, 0.15) is 57.4 Å². The summed E-state index contributed by atoms with van der Waals surface area (Å²) in [7, 11) is 0. The number of fused-ring (bicyclic) bond motifs is 3. The van der Waals surface area contributed by atoms with E-state index in [9.17, 15) is 0 Å². The second-order valence-corrected chi connectivity index (χ2v) is 8.21. The lowest BCUT2D eigenvalue weighted by atomic mass is 9.81. The molecule has 0 aromatic carbocycles. The lowest BCUT2D eigenvalue weighted by Crippen LogP contribution is -2.19. The lowest BCUT2D eigenvalue weighted by Gasteiger charge is -2.24. The summed E-state index contributed by atoms with van der Waals surface area (Å²) in [5.74, 6) is 0. The fourth-order valence-corrected chi connectivity index (χ4v) is 3.99. The third-order valence-electron chi connectivity index (χ3n) is 4.82. The van der Waals surface area contributed by atoms with Crippen molar-refractivity contribution in [2.45, 2.75) is 47.0 Å². The minimum Gasteiger partial charge on any atom is -0.136 e. The van der Waals surface area contributed by atoms with Gasteiger partial charge in [0.05, 0.1) is 0 Å². The Morgan fingerprint density at radius 2 is 1.75 bits per heavy atom. The summed E-state index contributed by atoms with van der Waals surface area (Å²) in [5.41, 5.74) is 2.04. The molecule has 1 unspecified atom stereocenters. The predicted octanol–water partition coefficient (Wildman–Crippen LogP) is 4.59. The van der Waals surface area contributed by atoms with Gasteiger partial charge in [0.2, 0.25) is 0 Å². The topological polar surface area (TPSA) is 0 Å². The maximum absolute atomic E-state index is 2.48. The Morgan fingerprint density at radius 1 is 1.05 bits per heavy atom. The molecule has 2 aliphatic carbocycles. The van der Waals surface area contributed by atoms with Gasteiger partial charge in [-0.1, -0.05) is 64.5 Å². The Kier molecular flexibility index (Phi) is 3.29. The standard InChI is InChI=1S/C19H24S/c1-5-19(4)12-7-15-14-6-10-18(2,3)11-8-16(14)20-17(15)9-13-19/h6-11H,5,12-13H2,1-4H3. The molecule has 1 aromatic heterocycles. The van der Waals surface area contributed by atoms with Crippen LogP contribution in [0.2, 0.25) is 0 Å². The largest absolute Gasteiger partial charge is 0.136 e. The maximum Gasteiger partial charge on any atom is 0.0352 e. The molecule has 3 rings (SSSR count). The zero-order valence-electron chi connectivity index (χ0n) is 13.0. The molecular weight excluding hydrogens is 260 g/mol. The van der Waals surface area contributed by atoms with Crippen molar-refractivity contribution in [3.05, 3.63) is 32.3 Å². The van der Waals surface area contributed by atoms with Gasteiger partial charge in [0.25, 0.3) is 0 Å². The summed E-state index contributed by atoms with van der Waals surface area (Å²) in [6.45, 7) is 9.25. The Balaban J connectivity index is 2.15. The summed E-state index contributed by atoms with van der Waals surface area (Å²) < 4.78 is 1.47. The van der Waals surface area contributed by atoms with Crippen molar-refractivity contribution >= 4 is 35.6 Å².